The number of hydrogen-bond donors (Lipinski definition) is 1. The van der Waals surface area contributed by atoms with Crippen LogP contribution in [0.15, 0.2) is 24.4 Å². The molecule has 0 bridgehead atoms. The van der Waals surface area contributed by atoms with Gasteiger partial charge in [0.1, 0.15) is 5.69 Å². The fraction of sp³-hybridized carbons (Fsp3) is 0.500. The van der Waals surface area contributed by atoms with Gasteiger partial charge in [-0.3, -0.25) is 14.6 Å². The van der Waals surface area contributed by atoms with Crippen LogP contribution < -0.4 is 0 Å². The highest BCUT2D eigenvalue weighted by Gasteiger charge is 2.33. The summed E-state index contributed by atoms with van der Waals surface area (Å²) in [4.78, 5) is 4.38. The second kappa shape index (κ2) is 4.56. The number of pyridine rings is 1. The zero-order valence-corrected chi connectivity index (χ0v) is 12.1. The van der Waals surface area contributed by atoms with E-state index in [-0.39, 0.29) is 0 Å². The van der Waals surface area contributed by atoms with Gasteiger partial charge in [-0.15, -0.1) is 0 Å². The summed E-state index contributed by atoms with van der Waals surface area (Å²) in [7, 11) is 0. The highest BCUT2D eigenvalue weighted by molar-refractivity contribution is 7.71. The molecule has 19 heavy (non-hydrogen) atoms. The number of rotatable bonds is 2. The average Bonchev–Trinajstić information content (AvgIpc) is 2.93. The lowest BCUT2D eigenvalue weighted by Gasteiger charge is -2.18. The molecule has 1 saturated carbocycles. The zero-order valence-electron chi connectivity index (χ0n) is 11.3. The van der Waals surface area contributed by atoms with Crippen LogP contribution in [0.1, 0.15) is 39.2 Å². The van der Waals surface area contributed by atoms with Crippen LogP contribution in [0.2, 0.25) is 0 Å². The van der Waals surface area contributed by atoms with E-state index in [1.54, 1.807) is 6.20 Å². The van der Waals surface area contributed by atoms with Gasteiger partial charge < -0.3 is 0 Å². The van der Waals surface area contributed by atoms with Crippen LogP contribution in [0.4, 0.5) is 0 Å². The molecule has 100 valence electrons. The Morgan fingerprint density at radius 3 is 2.89 bits per heavy atom. The highest BCUT2D eigenvalue weighted by atomic mass is 32.1. The molecule has 5 heteroatoms. The standard InChI is InChI=1S/C14H18N4S/c1-14(2)7-6-10(9-14)18-12(16-17-13(18)19)11-5-3-4-8-15-11/h3-5,8,10H,6-7,9H2,1-2H3,(H,17,19). The molecule has 3 rings (SSSR count). The van der Waals surface area contributed by atoms with E-state index in [2.05, 4.69) is 33.6 Å². The normalized spacial score (nSPS) is 21.7. The van der Waals surface area contributed by atoms with Crippen molar-refractivity contribution < 1.29 is 0 Å². The summed E-state index contributed by atoms with van der Waals surface area (Å²) in [5.41, 5.74) is 1.26. The number of aromatic amines is 1. The Kier molecular flexibility index (Phi) is 3.01. The van der Waals surface area contributed by atoms with Crippen molar-refractivity contribution in [2.45, 2.75) is 39.2 Å². The van der Waals surface area contributed by atoms with E-state index in [9.17, 15) is 0 Å². The molecular formula is C14H18N4S. The van der Waals surface area contributed by atoms with E-state index < -0.39 is 0 Å². The van der Waals surface area contributed by atoms with Crippen LogP contribution >= 0.6 is 12.2 Å². The van der Waals surface area contributed by atoms with Crippen molar-refractivity contribution in [2.75, 3.05) is 0 Å². The molecule has 2 heterocycles. The first-order valence-corrected chi connectivity index (χ1v) is 7.06. The Morgan fingerprint density at radius 2 is 2.26 bits per heavy atom. The monoisotopic (exact) mass is 274 g/mol. The molecule has 0 aromatic carbocycles. The first kappa shape index (κ1) is 12.5. The summed E-state index contributed by atoms with van der Waals surface area (Å²) in [6.45, 7) is 4.63. The maximum absolute atomic E-state index is 5.40. The third-order valence-electron chi connectivity index (χ3n) is 3.91. The summed E-state index contributed by atoms with van der Waals surface area (Å²) < 4.78 is 2.84. The minimum absolute atomic E-state index is 0.387. The molecule has 0 radical (unpaired) electrons. The van der Waals surface area contributed by atoms with Crippen molar-refractivity contribution in [3.63, 3.8) is 0 Å². The third kappa shape index (κ3) is 2.34. The minimum atomic E-state index is 0.387. The van der Waals surface area contributed by atoms with Crippen LogP contribution in [0.25, 0.3) is 11.5 Å². The Hall–Kier alpha value is -1.49. The van der Waals surface area contributed by atoms with Gasteiger partial charge in [0.2, 0.25) is 0 Å². The van der Waals surface area contributed by atoms with E-state index in [1.165, 1.54) is 6.42 Å². The maximum atomic E-state index is 5.40. The van der Waals surface area contributed by atoms with E-state index in [0.29, 0.717) is 16.2 Å². The minimum Gasteiger partial charge on any atom is -0.296 e. The number of aromatic nitrogens is 4. The Bertz CT molecular complexity index is 626. The first-order valence-electron chi connectivity index (χ1n) is 6.65. The van der Waals surface area contributed by atoms with Gasteiger partial charge in [0.25, 0.3) is 0 Å². The van der Waals surface area contributed by atoms with Crippen LogP contribution in [0.5, 0.6) is 0 Å². The lowest BCUT2D eigenvalue weighted by atomic mass is 9.92. The third-order valence-corrected chi connectivity index (χ3v) is 4.19. The summed E-state index contributed by atoms with van der Waals surface area (Å²) in [6.07, 6.45) is 5.31. The molecule has 2 aromatic heterocycles. The molecule has 1 atom stereocenters. The molecule has 1 aliphatic carbocycles. The van der Waals surface area contributed by atoms with Gasteiger partial charge in [0, 0.05) is 12.2 Å². The van der Waals surface area contributed by atoms with E-state index in [1.807, 2.05) is 18.2 Å². The second-order valence-electron chi connectivity index (χ2n) is 6.00. The van der Waals surface area contributed by atoms with Crippen LogP contribution in [0.3, 0.4) is 0 Å². The molecule has 1 N–H and O–H groups in total. The number of nitrogens with zero attached hydrogens (tertiary/aromatic N) is 3. The van der Waals surface area contributed by atoms with Crippen molar-refractivity contribution in [1.82, 2.24) is 19.7 Å². The molecular weight excluding hydrogens is 256 g/mol. The maximum Gasteiger partial charge on any atom is 0.195 e. The van der Waals surface area contributed by atoms with Gasteiger partial charge in [-0.2, -0.15) is 5.10 Å². The van der Waals surface area contributed by atoms with Crippen molar-refractivity contribution in [1.29, 1.82) is 0 Å². The van der Waals surface area contributed by atoms with Crippen LogP contribution in [-0.4, -0.2) is 19.7 Å². The van der Waals surface area contributed by atoms with Gasteiger partial charge in [-0.25, -0.2) is 0 Å². The lowest BCUT2D eigenvalue weighted by Crippen LogP contribution is -2.11. The second-order valence-corrected chi connectivity index (χ2v) is 6.38. The molecule has 1 fully saturated rings. The van der Waals surface area contributed by atoms with Crippen molar-refractivity contribution in [3.05, 3.63) is 29.2 Å². The summed E-state index contributed by atoms with van der Waals surface area (Å²) in [6, 6.07) is 6.29. The molecule has 0 saturated heterocycles. The fourth-order valence-electron chi connectivity index (χ4n) is 2.94. The molecule has 1 aliphatic rings. The number of H-pyrrole nitrogens is 1. The van der Waals surface area contributed by atoms with Crippen molar-refractivity contribution >= 4 is 12.2 Å². The van der Waals surface area contributed by atoms with Gasteiger partial charge in [-0.1, -0.05) is 19.9 Å². The largest absolute Gasteiger partial charge is 0.296 e. The van der Waals surface area contributed by atoms with E-state index in [0.717, 1.165) is 24.4 Å². The van der Waals surface area contributed by atoms with Gasteiger partial charge in [-0.05, 0) is 49.0 Å². The van der Waals surface area contributed by atoms with Gasteiger partial charge in [0.15, 0.2) is 10.6 Å². The van der Waals surface area contributed by atoms with Crippen molar-refractivity contribution in [2.24, 2.45) is 5.41 Å². The van der Waals surface area contributed by atoms with Crippen molar-refractivity contribution in [3.8, 4) is 11.5 Å². The smallest absolute Gasteiger partial charge is 0.195 e. The highest BCUT2D eigenvalue weighted by Crippen LogP contribution is 2.44. The number of nitrogens with one attached hydrogen (secondary N) is 1. The van der Waals surface area contributed by atoms with Crippen LogP contribution in [-0.2, 0) is 0 Å². The molecule has 0 spiro atoms. The topological polar surface area (TPSA) is 46.5 Å². The van der Waals surface area contributed by atoms with Gasteiger partial charge >= 0.3 is 0 Å². The Morgan fingerprint density at radius 1 is 1.42 bits per heavy atom. The Balaban J connectivity index is 2.03. The summed E-state index contributed by atoms with van der Waals surface area (Å²) in [5.74, 6) is 0.855. The number of hydrogen-bond acceptors (Lipinski definition) is 3. The molecule has 2 aromatic rings. The molecule has 1 unspecified atom stereocenters. The first-order chi connectivity index (χ1) is 9.07. The summed E-state index contributed by atoms with van der Waals surface area (Å²) in [5, 5.41) is 7.28. The fourth-order valence-corrected chi connectivity index (χ4v) is 3.22. The average molecular weight is 274 g/mol. The van der Waals surface area contributed by atoms with E-state index >= 15 is 0 Å². The quantitative estimate of drug-likeness (QED) is 0.848. The zero-order chi connectivity index (χ0) is 13.5. The molecule has 4 nitrogen and oxygen atoms in total. The molecule has 0 amide bonds. The predicted molar refractivity (Wildman–Crippen MR) is 77.3 cm³/mol. The predicted octanol–water partition coefficient (Wildman–Crippen LogP) is 3.75. The van der Waals surface area contributed by atoms with E-state index in [4.69, 9.17) is 12.2 Å². The SMILES string of the molecule is CC1(C)CCC(n2c(-c3ccccn3)n[nH]c2=S)C1. The van der Waals surface area contributed by atoms with Gasteiger partial charge in [0.05, 0.1) is 0 Å². The molecule has 0 aliphatic heterocycles. The van der Waals surface area contributed by atoms with Crippen LogP contribution in [0, 0.1) is 10.2 Å². The summed E-state index contributed by atoms with van der Waals surface area (Å²) >= 11 is 5.40. The lowest BCUT2D eigenvalue weighted by molar-refractivity contribution is 0.358. The Labute approximate surface area is 117 Å².